The predicted molar refractivity (Wildman–Crippen MR) is 495 cm³/mol. The number of benzene rings is 6. The summed E-state index contributed by atoms with van der Waals surface area (Å²) in [5, 5.41) is 0. The Morgan fingerprint density at radius 1 is 0.232 bits per heavy atom. The second-order valence-electron chi connectivity index (χ2n) is 40.5. The summed E-state index contributed by atoms with van der Waals surface area (Å²) in [5.41, 5.74) is 19.4. The summed E-state index contributed by atoms with van der Waals surface area (Å²) < 4.78 is 29.1. The van der Waals surface area contributed by atoms with E-state index in [0.29, 0.717) is 0 Å². The van der Waals surface area contributed by atoms with E-state index in [9.17, 15) is 13.6 Å². The Morgan fingerprint density at radius 3 is 0.527 bits per heavy atom. The molecular formula is C108H165O3P. The van der Waals surface area contributed by atoms with Gasteiger partial charge in [0.15, 0.2) is 0 Å². The molecule has 0 fully saturated rings. The van der Waals surface area contributed by atoms with Gasteiger partial charge >= 0.3 is 8.60 Å². The number of rotatable bonds is 42. The van der Waals surface area contributed by atoms with Crippen LogP contribution in [-0.2, 0) is 62.9 Å². The molecule has 6 aromatic carbocycles. The molecule has 0 aliphatic heterocycles. The van der Waals surface area contributed by atoms with Crippen LogP contribution in [0.1, 0.15) is 440 Å². The second-order valence-corrected chi connectivity index (χ2v) is 41.4. The molecule has 620 valence electrons. The first-order chi connectivity index (χ1) is 52.6. The summed E-state index contributed by atoms with van der Waals surface area (Å²) in [5.74, 6) is 0. The zero-order valence-electron chi connectivity index (χ0n) is 77.9. The highest BCUT2D eigenvalue weighted by atomic mass is 31.2. The van der Waals surface area contributed by atoms with Crippen LogP contribution in [0.5, 0.6) is 0 Å². The van der Waals surface area contributed by atoms with Gasteiger partial charge < -0.3 is 0 Å². The summed E-state index contributed by atoms with van der Waals surface area (Å²) >= 11 is 0. The van der Waals surface area contributed by atoms with Gasteiger partial charge in [-0.15, -0.1) is 0 Å². The van der Waals surface area contributed by atoms with Gasteiger partial charge in [-0.1, -0.05) is 441 Å². The van der Waals surface area contributed by atoms with E-state index in [2.05, 4.69) is 335 Å². The van der Waals surface area contributed by atoms with Gasteiger partial charge in [-0.25, -0.2) is 0 Å². The molecule has 0 amide bonds. The lowest BCUT2D eigenvalue weighted by molar-refractivity contribution is 0.00937. The molecule has 0 aliphatic rings. The van der Waals surface area contributed by atoms with E-state index < -0.39 is 25.4 Å². The third-order valence-electron chi connectivity index (χ3n) is 24.1. The summed E-state index contributed by atoms with van der Waals surface area (Å²) in [7, 11) is -2.73. The van der Waals surface area contributed by atoms with Gasteiger partial charge in [0, 0.05) is 0 Å². The van der Waals surface area contributed by atoms with Gasteiger partial charge in [0.05, 0.1) is 0 Å². The van der Waals surface area contributed by atoms with Crippen molar-refractivity contribution in [3.8, 4) is 0 Å². The van der Waals surface area contributed by atoms with Crippen LogP contribution in [0.2, 0.25) is 0 Å². The van der Waals surface area contributed by atoms with E-state index in [1.807, 2.05) is 0 Å². The van der Waals surface area contributed by atoms with Crippen LogP contribution >= 0.6 is 8.60 Å². The molecular weight excluding hydrogens is 1380 g/mol. The molecule has 0 radical (unpaired) electrons. The number of unbranched alkanes of at least 4 members (excludes halogenated alkanes) is 21. The van der Waals surface area contributed by atoms with Crippen LogP contribution in [0.15, 0.2) is 144 Å². The van der Waals surface area contributed by atoms with E-state index in [1.54, 1.807) is 0 Å². The topological polar surface area (TPSA) is 27.7 Å². The number of hydrogen-bond donors (Lipinski definition) is 0. The minimum Gasteiger partial charge on any atom is -0.291 e. The quantitative estimate of drug-likeness (QED) is 0.0217. The van der Waals surface area contributed by atoms with E-state index >= 15 is 0 Å². The minimum absolute atomic E-state index is 0.347. The molecule has 0 unspecified atom stereocenters. The molecule has 4 heteroatoms. The summed E-state index contributed by atoms with van der Waals surface area (Å²) in [6.45, 7) is 71.4. The van der Waals surface area contributed by atoms with E-state index in [0.717, 1.165) is 91.2 Å². The fourth-order valence-corrected chi connectivity index (χ4v) is 19.5. The molecule has 6 aromatic rings. The SMILES string of the molecule is C/C=C(/CCCCCCCCCC)C(OP(OC(/C(=C/C)CCCCCCCCCC)(c1ccc(C)cc1C(C)(C)C)c1ccc(C)cc1C(C)(C)C)OC(/C(=C/C)CCCCCCCCCC)(c1ccc(C)cc1C(C)(C)C)c1ccc(C)cc1C(C)(C)C)(c1ccc(C)cc1C(C)(C)C)c1ccc(C)cc1C(C)(C)C. The van der Waals surface area contributed by atoms with Crippen LogP contribution in [-0.4, -0.2) is 0 Å². The van der Waals surface area contributed by atoms with Gasteiger partial charge in [-0.05, 0) is 217 Å². The third kappa shape index (κ3) is 24.7. The van der Waals surface area contributed by atoms with Gasteiger partial charge in [-0.2, -0.15) is 0 Å². The van der Waals surface area contributed by atoms with Crippen molar-refractivity contribution < 1.29 is 13.6 Å². The van der Waals surface area contributed by atoms with Crippen LogP contribution < -0.4 is 0 Å². The Balaban J connectivity index is 2.11. The fraction of sp³-hybridized carbons (Fsp3) is 0.611. The third-order valence-corrected chi connectivity index (χ3v) is 25.4. The van der Waals surface area contributed by atoms with Crippen LogP contribution in [0.4, 0.5) is 0 Å². The van der Waals surface area contributed by atoms with Gasteiger partial charge in [0.1, 0.15) is 16.8 Å². The highest BCUT2D eigenvalue weighted by molar-refractivity contribution is 7.41. The molecule has 0 atom stereocenters. The Kier molecular flexibility index (Phi) is 36.1. The number of aryl methyl sites for hydroxylation is 6. The summed E-state index contributed by atoms with van der Waals surface area (Å²) in [6, 6.07) is 44.2. The first-order valence-corrected chi connectivity index (χ1v) is 46.2. The van der Waals surface area contributed by atoms with Crippen molar-refractivity contribution in [2.75, 3.05) is 0 Å². The Labute approximate surface area is 692 Å². The van der Waals surface area contributed by atoms with Crippen molar-refractivity contribution >= 4 is 8.60 Å². The Bertz CT molecular complexity index is 3400. The molecule has 6 rings (SSSR count). The molecule has 0 aliphatic carbocycles. The van der Waals surface area contributed by atoms with Crippen molar-refractivity contribution in [2.24, 2.45) is 0 Å². The zero-order chi connectivity index (χ0) is 83.3. The smallest absolute Gasteiger partial charge is 0.291 e. The Morgan fingerprint density at radius 2 is 0.384 bits per heavy atom. The highest BCUT2D eigenvalue weighted by Crippen LogP contribution is 2.67. The average molecular weight is 1540 g/mol. The van der Waals surface area contributed by atoms with Crippen molar-refractivity contribution in [2.45, 2.75) is 430 Å². The predicted octanol–water partition coefficient (Wildman–Crippen LogP) is 34.2. The minimum atomic E-state index is -2.73. The standard InChI is InChI=1S/C108H165O3P/c1-31-37-40-43-46-49-52-55-58-85(34-4)106(88-67-61-79(7)73-94(88)100(13,14)15,89-68-62-80(8)74-95(89)101(16,17)18)109-112(110-107(90-69-63-81(9)75-96(90)102(19,20)21,91-70-64-82(10)76-97(91)103(22,23)24)86(35-5)59-56-53-50-47-44-41-38-32-2)111-108(92-71-65-83(11)77-98(92)104(25,26)27,93-72-66-84(12)78-99(93)105(28,29)30)87(36-6)60-57-54-51-48-45-42-39-33-3/h34-36,61-78H,31-33,37-60H2,1-30H3/b85-34-,86-35+,87-36+. The lowest BCUT2D eigenvalue weighted by Gasteiger charge is -2.50. The zero-order valence-corrected chi connectivity index (χ0v) is 78.8. The molecule has 0 bridgehead atoms. The largest absolute Gasteiger partial charge is 0.337 e. The molecule has 0 heterocycles. The molecule has 0 aromatic heterocycles. The maximum Gasteiger partial charge on any atom is 0.337 e. The number of allylic oxidation sites excluding steroid dienone is 3. The van der Waals surface area contributed by atoms with Crippen molar-refractivity contribution in [1.29, 1.82) is 0 Å². The van der Waals surface area contributed by atoms with Crippen molar-refractivity contribution in [1.82, 2.24) is 0 Å². The highest BCUT2D eigenvalue weighted by Gasteiger charge is 2.56. The second kappa shape index (κ2) is 42.3. The molecule has 0 saturated carbocycles. The first kappa shape index (κ1) is 95.7. The molecule has 0 saturated heterocycles. The van der Waals surface area contributed by atoms with Gasteiger partial charge in [-0.3, -0.25) is 13.6 Å². The van der Waals surface area contributed by atoms with E-state index in [4.69, 9.17) is 0 Å². The monoisotopic (exact) mass is 1540 g/mol. The van der Waals surface area contributed by atoms with Crippen molar-refractivity contribution in [3.63, 3.8) is 0 Å². The lowest BCUT2D eigenvalue weighted by Crippen LogP contribution is -2.43. The van der Waals surface area contributed by atoms with Crippen molar-refractivity contribution in [3.05, 3.63) is 244 Å². The average Bonchev–Trinajstić information content (AvgIpc) is 0.709. The maximum absolute atomic E-state index is 9.70. The van der Waals surface area contributed by atoms with E-state index in [1.165, 1.54) is 199 Å². The lowest BCUT2D eigenvalue weighted by atomic mass is 9.68. The molecule has 0 spiro atoms. The van der Waals surface area contributed by atoms with Crippen LogP contribution in [0.3, 0.4) is 0 Å². The normalized spacial score (nSPS) is 13.7. The van der Waals surface area contributed by atoms with Gasteiger partial charge in [0.2, 0.25) is 0 Å². The van der Waals surface area contributed by atoms with Crippen LogP contribution in [0.25, 0.3) is 0 Å². The maximum atomic E-state index is 9.70. The summed E-state index contributed by atoms with van der Waals surface area (Å²) in [4.78, 5) is 0. The number of hydrogen-bond acceptors (Lipinski definition) is 3. The van der Waals surface area contributed by atoms with E-state index in [-0.39, 0.29) is 32.5 Å². The fourth-order valence-electron chi connectivity index (χ4n) is 17.8. The molecule has 3 nitrogen and oxygen atoms in total. The molecule has 0 N–H and O–H groups in total. The Hall–Kier alpha value is -5.15. The summed E-state index contributed by atoms with van der Waals surface area (Å²) in [6.07, 6.45) is 39.0. The first-order valence-electron chi connectivity index (χ1n) is 45.1. The molecule has 112 heavy (non-hydrogen) atoms. The van der Waals surface area contributed by atoms with Crippen LogP contribution in [0, 0.1) is 41.5 Å². The van der Waals surface area contributed by atoms with Gasteiger partial charge in [0.25, 0.3) is 0 Å².